The van der Waals surface area contributed by atoms with Crippen molar-refractivity contribution in [2.45, 2.75) is 108 Å². The number of esters is 1. The molecule has 2 heteroatoms. The highest BCUT2D eigenvalue weighted by Crippen LogP contribution is 2.15. The van der Waals surface area contributed by atoms with Gasteiger partial charge in [0.2, 0.25) is 0 Å². The summed E-state index contributed by atoms with van der Waals surface area (Å²) < 4.78 is 4.95. The number of carbonyl (C=O) groups is 1. The Morgan fingerprint density at radius 2 is 1.11 bits per heavy atom. The SMILES string of the molecule is C.C.C.C.C1CC1.C1CC1.CCC(=O)OC(C)(C)C. The minimum Gasteiger partial charge on any atom is -0.460 e. The second kappa shape index (κ2) is 17.5. The average molecular weight is 279 g/mol. The lowest BCUT2D eigenvalue weighted by atomic mass is 10.2. The number of hydrogen-bond acceptors (Lipinski definition) is 2. The van der Waals surface area contributed by atoms with Crippen LogP contribution in [0.3, 0.4) is 0 Å². The van der Waals surface area contributed by atoms with Crippen molar-refractivity contribution in [2.24, 2.45) is 0 Å². The third-order valence-corrected chi connectivity index (χ3v) is 1.42. The summed E-state index contributed by atoms with van der Waals surface area (Å²) in [6, 6.07) is 0. The lowest BCUT2D eigenvalue weighted by Crippen LogP contribution is -2.23. The Hall–Kier alpha value is -0.530. The lowest BCUT2D eigenvalue weighted by molar-refractivity contribution is -0.154. The van der Waals surface area contributed by atoms with Gasteiger partial charge in [0.05, 0.1) is 0 Å². The minimum atomic E-state index is -0.326. The van der Waals surface area contributed by atoms with E-state index in [-0.39, 0.29) is 41.3 Å². The van der Waals surface area contributed by atoms with E-state index in [9.17, 15) is 4.79 Å². The second-order valence-electron chi connectivity index (χ2n) is 5.06. The Morgan fingerprint density at radius 3 is 1.16 bits per heavy atom. The highest BCUT2D eigenvalue weighted by Gasteiger charge is 2.13. The fourth-order valence-corrected chi connectivity index (χ4v) is 0.414. The molecule has 19 heavy (non-hydrogen) atoms. The van der Waals surface area contributed by atoms with Crippen LogP contribution in [0.1, 0.15) is 102 Å². The van der Waals surface area contributed by atoms with Gasteiger partial charge in [-0.1, -0.05) is 75.2 Å². The molecule has 0 saturated heterocycles. The van der Waals surface area contributed by atoms with Gasteiger partial charge in [-0.15, -0.1) is 0 Å². The zero-order chi connectivity index (χ0) is 11.7. The summed E-state index contributed by atoms with van der Waals surface area (Å²) in [4.78, 5) is 10.6. The first kappa shape index (κ1) is 31.1. The third-order valence-electron chi connectivity index (χ3n) is 1.42. The van der Waals surface area contributed by atoms with E-state index < -0.39 is 0 Å². The molecule has 0 spiro atoms. The van der Waals surface area contributed by atoms with E-state index in [4.69, 9.17) is 4.74 Å². The number of hydrogen-bond donors (Lipinski definition) is 0. The van der Waals surface area contributed by atoms with Crippen molar-refractivity contribution in [1.82, 2.24) is 0 Å². The van der Waals surface area contributed by atoms with Gasteiger partial charge < -0.3 is 4.74 Å². The van der Waals surface area contributed by atoms with Gasteiger partial charge >= 0.3 is 5.97 Å². The van der Waals surface area contributed by atoms with Crippen LogP contribution in [0.4, 0.5) is 0 Å². The zero-order valence-electron chi connectivity index (χ0n) is 10.8. The normalized spacial score (nSPS) is 12.8. The predicted octanol–water partition coefficient (Wildman–Crippen LogP) is 6.62. The molecule has 0 aliphatic heterocycles. The van der Waals surface area contributed by atoms with E-state index in [1.807, 2.05) is 20.8 Å². The van der Waals surface area contributed by atoms with Gasteiger partial charge in [-0.25, -0.2) is 0 Å². The maximum atomic E-state index is 10.6. The minimum absolute atomic E-state index is 0. The smallest absolute Gasteiger partial charge is 0.306 e. The molecule has 0 heterocycles. The van der Waals surface area contributed by atoms with Crippen LogP contribution in [0.25, 0.3) is 0 Å². The first-order chi connectivity index (χ1) is 6.95. The molecule has 2 aliphatic carbocycles. The van der Waals surface area contributed by atoms with Crippen LogP contribution in [-0.4, -0.2) is 11.6 Å². The van der Waals surface area contributed by atoms with Crippen molar-refractivity contribution >= 4 is 5.97 Å². The molecule has 0 aromatic rings. The molecule has 2 fully saturated rings. The molecule has 2 rings (SSSR count). The highest BCUT2D eigenvalue weighted by atomic mass is 16.6. The van der Waals surface area contributed by atoms with Crippen molar-refractivity contribution in [3.63, 3.8) is 0 Å². The van der Waals surface area contributed by atoms with E-state index in [0.717, 1.165) is 0 Å². The Morgan fingerprint density at radius 1 is 0.842 bits per heavy atom. The molecule has 2 nitrogen and oxygen atoms in total. The summed E-state index contributed by atoms with van der Waals surface area (Å²) in [7, 11) is 0. The molecule has 122 valence electrons. The zero-order valence-corrected chi connectivity index (χ0v) is 10.8. The highest BCUT2D eigenvalue weighted by molar-refractivity contribution is 5.69. The van der Waals surface area contributed by atoms with Gasteiger partial charge in [0.15, 0.2) is 0 Å². The molecule has 0 unspecified atom stereocenters. The Bertz CT molecular complexity index is 153. The van der Waals surface area contributed by atoms with Crippen LogP contribution in [-0.2, 0) is 9.53 Å². The van der Waals surface area contributed by atoms with E-state index in [2.05, 4.69) is 0 Å². The maximum absolute atomic E-state index is 10.6. The largest absolute Gasteiger partial charge is 0.460 e. The van der Waals surface area contributed by atoms with Crippen molar-refractivity contribution in [3.05, 3.63) is 0 Å². The molecule has 0 aromatic carbocycles. The first-order valence-electron chi connectivity index (χ1n) is 6.17. The predicted molar refractivity (Wildman–Crippen MR) is 90.8 cm³/mol. The average Bonchev–Trinajstić information content (AvgIpc) is 2.89. The Labute approximate surface area is 124 Å². The molecular weight excluding hydrogens is 236 g/mol. The molecule has 0 bridgehead atoms. The number of rotatable bonds is 1. The van der Waals surface area contributed by atoms with Gasteiger partial charge in [-0.2, -0.15) is 0 Å². The van der Waals surface area contributed by atoms with Crippen molar-refractivity contribution < 1.29 is 9.53 Å². The van der Waals surface area contributed by atoms with Crippen molar-refractivity contribution in [1.29, 1.82) is 0 Å². The van der Waals surface area contributed by atoms with Gasteiger partial charge in [-0.3, -0.25) is 4.79 Å². The van der Waals surface area contributed by atoms with Gasteiger partial charge in [-0.05, 0) is 20.8 Å². The Balaban J connectivity index is -0.0000000548. The van der Waals surface area contributed by atoms with Crippen LogP contribution in [0.2, 0.25) is 0 Å². The summed E-state index contributed by atoms with van der Waals surface area (Å²) in [5, 5.41) is 0. The lowest BCUT2D eigenvalue weighted by Gasteiger charge is -2.18. The first-order valence-corrected chi connectivity index (χ1v) is 6.17. The van der Waals surface area contributed by atoms with E-state index in [1.54, 1.807) is 6.92 Å². The fraction of sp³-hybridized carbons (Fsp3) is 0.941. The number of ether oxygens (including phenoxy) is 1. The van der Waals surface area contributed by atoms with Gasteiger partial charge in [0.1, 0.15) is 5.60 Å². The molecule has 0 atom stereocenters. The van der Waals surface area contributed by atoms with E-state index >= 15 is 0 Å². The monoisotopic (exact) mass is 278 g/mol. The summed E-state index contributed by atoms with van der Waals surface area (Å²) >= 11 is 0. The maximum Gasteiger partial charge on any atom is 0.306 e. The van der Waals surface area contributed by atoms with Gasteiger partial charge in [0, 0.05) is 6.42 Å². The van der Waals surface area contributed by atoms with Crippen LogP contribution < -0.4 is 0 Å². The third kappa shape index (κ3) is 58.3. The van der Waals surface area contributed by atoms with E-state index in [0.29, 0.717) is 6.42 Å². The summed E-state index contributed by atoms with van der Waals surface area (Å²) in [5.74, 6) is -0.137. The quantitative estimate of drug-likeness (QED) is 0.503. The fourth-order valence-electron chi connectivity index (χ4n) is 0.414. The number of carbonyl (C=O) groups excluding carboxylic acids is 1. The molecule has 2 saturated carbocycles. The summed E-state index contributed by atoms with van der Waals surface area (Å²) in [6.07, 6.45) is 9.46. The molecular formula is C17H42O2. The second-order valence-corrected chi connectivity index (χ2v) is 5.06. The molecule has 0 amide bonds. The van der Waals surface area contributed by atoms with Crippen LogP contribution in [0.15, 0.2) is 0 Å². The standard InChI is InChI=1S/C7H14O2.2C3H6.4CH4/c1-5-6(8)9-7(2,3)4;2*1-2-3-1;;;;/h5H2,1-4H3;2*1-3H2;4*1H4. The molecule has 0 N–H and O–H groups in total. The van der Waals surface area contributed by atoms with Crippen molar-refractivity contribution in [2.75, 3.05) is 0 Å². The van der Waals surface area contributed by atoms with Crippen LogP contribution in [0, 0.1) is 0 Å². The molecule has 0 radical (unpaired) electrons. The summed E-state index contributed by atoms with van der Waals surface area (Å²) in [5.41, 5.74) is -0.326. The molecule has 0 aromatic heterocycles. The van der Waals surface area contributed by atoms with Gasteiger partial charge in [0.25, 0.3) is 0 Å². The Kier molecular flexibility index (Phi) is 28.6. The van der Waals surface area contributed by atoms with Crippen LogP contribution >= 0.6 is 0 Å². The topological polar surface area (TPSA) is 26.3 Å². The summed E-state index contributed by atoms with van der Waals surface area (Å²) in [6.45, 7) is 7.37. The van der Waals surface area contributed by atoms with E-state index in [1.165, 1.54) is 38.5 Å². The van der Waals surface area contributed by atoms with Crippen LogP contribution in [0.5, 0.6) is 0 Å². The van der Waals surface area contributed by atoms with Crippen molar-refractivity contribution in [3.8, 4) is 0 Å². The molecule has 2 aliphatic rings.